The van der Waals surface area contributed by atoms with Crippen LogP contribution in [0.25, 0.3) is 4.96 Å². The second-order valence-corrected chi connectivity index (χ2v) is 8.49. The fourth-order valence-electron chi connectivity index (χ4n) is 4.14. The number of aromatic hydroxyl groups is 1. The first-order chi connectivity index (χ1) is 14.1. The summed E-state index contributed by atoms with van der Waals surface area (Å²) in [5, 5.41) is 15.1. The van der Waals surface area contributed by atoms with E-state index in [0.29, 0.717) is 22.2 Å². The lowest BCUT2D eigenvalue weighted by atomic mass is 9.95. The van der Waals surface area contributed by atoms with Gasteiger partial charge in [-0.05, 0) is 30.9 Å². The molecule has 0 unspecified atom stereocenters. The number of aromatic nitrogens is 3. The molecular formula is C20H27N4O4S+. The molecule has 3 heterocycles. The third-order valence-corrected chi connectivity index (χ3v) is 6.85. The molecule has 2 aromatic heterocycles. The average molecular weight is 420 g/mol. The molecule has 4 rings (SSSR count). The maximum absolute atomic E-state index is 10.9. The number of methoxy groups -OCH3 is 3. The fourth-order valence-corrected chi connectivity index (χ4v) is 5.26. The highest BCUT2D eigenvalue weighted by molar-refractivity contribution is 7.17. The van der Waals surface area contributed by atoms with Gasteiger partial charge >= 0.3 is 0 Å². The van der Waals surface area contributed by atoms with Gasteiger partial charge < -0.3 is 24.2 Å². The molecule has 0 aliphatic carbocycles. The minimum atomic E-state index is -0.0790. The predicted octanol–water partition coefficient (Wildman–Crippen LogP) is 1.93. The number of ether oxygens (including phenoxy) is 3. The number of rotatable bonds is 6. The van der Waals surface area contributed by atoms with Gasteiger partial charge in [0.15, 0.2) is 17.5 Å². The summed E-state index contributed by atoms with van der Waals surface area (Å²) in [6.07, 6.45) is 3.76. The largest absolute Gasteiger partial charge is 0.493 e. The molecule has 156 valence electrons. The van der Waals surface area contributed by atoms with E-state index in [1.54, 1.807) is 21.3 Å². The van der Waals surface area contributed by atoms with Crippen LogP contribution in [0, 0.1) is 5.92 Å². The van der Waals surface area contributed by atoms with E-state index in [9.17, 15) is 5.11 Å². The Hall–Kier alpha value is -2.52. The van der Waals surface area contributed by atoms with Crippen molar-refractivity contribution < 1.29 is 24.2 Å². The number of hydrogen-bond acceptors (Lipinski definition) is 7. The van der Waals surface area contributed by atoms with E-state index in [1.807, 2.05) is 12.1 Å². The van der Waals surface area contributed by atoms with Gasteiger partial charge in [0, 0.05) is 5.56 Å². The van der Waals surface area contributed by atoms with Crippen molar-refractivity contribution in [1.29, 1.82) is 0 Å². The van der Waals surface area contributed by atoms with Crippen LogP contribution in [0.2, 0.25) is 0 Å². The van der Waals surface area contributed by atoms with Crippen molar-refractivity contribution in [2.45, 2.75) is 25.8 Å². The van der Waals surface area contributed by atoms with Crippen LogP contribution in [0.1, 0.15) is 36.2 Å². The van der Waals surface area contributed by atoms with Crippen molar-refractivity contribution >= 4 is 16.3 Å². The minimum absolute atomic E-state index is 0.0790. The number of thiazole rings is 1. The van der Waals surface area contributed by atoms with Crippen molar-refractivity contribution in [2.75, 3.05) is 34.4 Å². The molecule has 1 aliphatic heterocycles. The molecular weight excluding hydrogens is 392 g/mol. The summed E-state index contributed by atoms with van der Waals surface area (Å²) >= 11 is 1.47. The molecule has 29 heavy (non-hydrogen) atoms. The molecule has 2 N–H and O–H groups in total. The average Bonchev–Trinajstić information content (AvgIpc) is 3.32. The van der Waals surface area contributed by atoms with Crippen molar-refractivity contribution in [3.8, 4) is 23.1 Å². The number of fused-ring (bicyclic) bond motifs is 1. The van der Waals surface area contributed by atoms with Crippen molar-refractivity contribution in [3.63, 3.8) is 0 Å². The van der Waals surface area contributed by atoms with Gasteiger partial charge in [-0.2, -0.15) is 9.61 Å². The number of hydrogen-bond donors (Lipinski definition) is 2. The molecule has 8 nitrogen and oxygen atoms in total. The third-order valence-electron chi connectivity index (χ3n) is 5.75. The van der Waals surface area contributed by atoms with Gasteiger partial charge in [0.2, 0.25) is 16.6 Å². The summed E-state index contributed by atoms with van der Waals surface area (Å²) in [6.45, 7) is 4.34. The van der Waals surface area contributed by atoms with Gasteiger partial charge in [-0.15, -0.1) is 0 Å². The quantitative estimate of drug-likeness (QED) is 0.635. The SMILES string of the molecule is COc1cc([C@H](c2sc3ncnn3c2O)[NH+]2CCC(C)CC2)cc(OC)c1OC. The van der Waals surface area contributed by atoms with E-state index in [4.69, 9.17) is 14.2 Å². The molecule has 9 heteroatoms. The minimum Gasteiger partial charge on any atom is -0.493 e. The second kappa shape index (κ2) is 8.08. The van der Waals surface area contributed by atoms with Crippen molar-refractivity contribution in [2.24, 2.45) is 5.92 Å². The Morgan fingerprint density at radius 2 is 1.79 bits per heavy atom. The third kappa shape index (κ3) is 3.49. The molecule has 1 aliphatic rings. The van der Waals surface area contributed by atoms with Gasteiger partial charge in [0.05, 0.1) is 34.4 Å². The van der Waals surface area contributed by atoms with Crippen LogP contribution in [0.4, 0.5) is 0 Å². The van der Waals surface area contributed by atoms with Gasteiger partial charge in [-0.25, -0.2) is 4.98 Å². The molecule has 1 atom stereocenters. The van der Waals surface area contributed by atoms with Gasteiger partial charge in [0.25, 0.3) is 0 Å². The summed E-state index contributed by atoms with van der Waals surface area (Å²) in [5.41, 5.74) is 1.00. The molecule has 0 bridgehead atoms. The van der Waals surface area contributed by atoms with Gasteiger partial charge in [-0.1, -0.05) is 18.3 Å². The highest BCUT2D eigenvalue weighted by atomic mass is 32.1. The molecule has 1 fully saturated rings. The normalized spacial score (nSPS) is 20.6. The van der Waals surface area contributed by atoms with E-state index >= 15 is 0 Å². The lowest BCUT2D eigenvalue weighted by Crippen LogP contribution is -3.13. The Kier molecular flexibility index (Phi) is 5.51. The number of quaternary nitrogens is 1. The van der Waals surface area contributed by atoms with Crippen LogP contribution < -0.4 is 19.1 Å². The van der Waals surface area contributed by atoms with Crippen LogP contribution in [0.15, 0.2) is 18.5 Å². The second-order valence-electron chi connectivity index (χ2n) is 7.48. The predicted molar refractivity (Wildman–Crippen MR) is 110 cm³/mol. The van der Waals surface area contributed by atoms with E-state index < -0.39 is 0 Å². The number of benzene rings is 1. The highest BCUT2D eigenvalue weighted by Gasteiger charge is 2.36. The van der Waals surface area contributed by atoms with E-state index in [1.165, 1.54) is 27.1 Å². The Morgan fingerprint density at radius 3 is 2.34 bits per heavy atom. The van der Waals surface area contributed by atoms with Crippen LogP contribution in [0.3, 0.4) is 0 Å². The molecule has 0 spiro atoms. The zero-order valence-corrected chi connectivity index (χ0v) is 18.0. The first-order valence-corrected chi connectivity index (χ1v) is 10.5. The summed E-state index contributed by atoms with van der Waals surface area (Å²) in [7, 11) is 4.83. The molecule has 0 amide bonds. The smallest absolute Gasteiger partial charge is 0.235 e. The zero-order valence-electron chi connectivity index (χ0n) is 17.1. The van der Waals surface area contributed by atoms with Gasteiger partial charge in [-0.3, -0.25) is 0 Å². The molecule has 0 saturated carbocycles. The van der Waals surface area contributed by atoms with E-state index in [0.717, 1.165) is 42.3 Å². The first-order valence-electron chi connectivity index (χ1n) is 9.73. The highest BCUT2D eigenvalue weighted by Crippen LogP contribution is 2.42. The Bertz CT molecular complexity index is 969. The Balaban J connectivity index is 1.86. The van der Waals surface area contributed by atoms with Crippen molar-refractivity contribution in [1.82, 2.24) is 14.6 Å². The summed E-state index contributed by atoms with van der Waals surface area (Å²) in [5.74, 6) is 2.64. The fraction of sp³-hybridized carbons (Fsp3) is 0.500. The van der Waals surface area contributed by atoms with E-state index in [-0.39, 0.29) is 11.9 Å². The zero-order chi connectivity index (χ0) is 20.5. The molecule has 3 aromatic rings. The molecule has 1 saturated heterocycles. The Labute approximate surface area is 173 Å². The molecule has 1 aromatic carbocycles. The number of nitrogens with zero attached hydrogens (tertiary/aromatic N) is 3. The number of nitrogens with one attached hydrogen (secondary N) is 1. The Morgan fingerprint density at radius 1 is 1.14 bits per heavy atom. The molecule has 0 radical (unpaired) electrons. The first kappa shape index (κ1) is 19.8. The maximum Gasteiger partial charge on any atom is 0.235 e. The maximum atomic E-state index is 10.9. The van der Waals surface area contributed by atoms with Crippen LogP contribution in [-0.4, -0.2) is 54.1 Å². The lowest BCUT2D eigenvalue weighted by molar-refractivity contribution is -0.931. The van der Waals surface area contributed by atoms with Crippen LogP contribution >= 0.6 is 11.3 Å². The monoisotopic (exact) mass is 419 g/mol. The number of likely N-dealkylation sites (tertiary alicyclic amines) is 1. The van der Waals surface area contributed by atoms with Crippen molar-refractivity contribution in [3.05, 3.63) is 28.9 Å². The number of piperidine rings is 1. The van der Waals surface area contributed by atoms with Gasteiger partial charge in [0.1, 0.15) is 11.2 Å². The summed E-state index contributed by atoms with van der Waals surface area (Å²) < 4.78 is 18.1. The standard InChI is InChI=1S/C20H26N4O4S/c1-12-5-7-23(8-6-12)16(18-19(25)24-20(29-18)21-11-22-24)13-9-14(26-2)17(28-4)15(10-13)27-3/h9-12,16,25H,5-8H2,1-4H3/p+1/t16-/m1/s1. The summed E-state index contributed by atoms with van der Waals surface area (Å²) in [6, 6.07) is 3.88. The lowest BCUT2D eigenvalue weighted by Gasteiger charge is -2.33. The summed E-state index contributed by atoms with van der Waals surface area (Å²) in [4.78, 5) is 7.19. The van der Waals surface area contributed by atoms with E-state index in [2.05, 4.69) is 17.0 Å². The van der Waals surface area contributed by atoms with Crippen LogP contribution in [0.5, 0.6) is 23.1 Å². The topological polar surface area (TPSA) is 82.6 Å². The van der Waals surface area contributed by atoms with Crippen LogP contribution in [-0.2, 0) is 0 Å².